The van der Waals surface area contributed by atoms with Crippen LogP contribution in [0.5, 0.6) is 34.5 Å². The van der Waals surface area contributed by atoms with Crippen molar-refractivity contribution in [2.45, 2.75) is 119 Å². The first kappa shape index (κ1) is 51.6. The summed E-state index contributed by atoms with van der Waals surface area (Å²) < 4.78 is 44.6. The number of ether oxygens (including phenoxy) is 6. The molecule has 0 fully saturated rings. The van der Waals surface area contributed by atoms with Gasteiger partial charge in [-0.2, -0.15) is 0 Å². The monoisotopic (exact) mass is 1070 g/mol. The molecule has 3 aliphatic rings. The smallest absolute Gasteiger partial charge is 0.171 e. The molecule has 0 saturated carbocycles. The van der Waals surface area contributed by atoms with Gasteiger partial charge in [0, 0.05) is 82.3 Å². The van der Waals surface area contributed by atoms with Crippen LogP contribution in [0.25, 0.3) is 32.3 Å². The van der Waals surface area contributed by atoms with Crippen LogP contribution in [0, 0.1) is 0 Å². The molecule has 0 unspecified atom stereocenters. The molecule has 10 rings (SSSR count). The Morgan fingerprint density at radius 3 is 0.597 bits per heavy atom. The molecule has 0 spiro atoms. The number of hydrogen-bond donors (Lipinski definition) is 0. The predicted octanol–water partition coefficient (Wildman–Crippen LogP) is 12.4. The Balaban J connectivity index is 1.56. The van der Waals surface area contributed by atoms with Gasteiger partial charge < -0.3 is 28.4 Å². The van der Waals surface area contributed by atoms with Gasteiger partial charge in [0.25, 0.3) is 0 Å². The third-order valence-electron chi connectivity index (χ3n) is 14.5. The minimum Gasteiger partial charge on any atom is -0.489 e. The summed E-state index contributed by atoms with van der Waals surface area (Å²) in [5, 5.41) is 16.0. The summed E-state index contributed by atoms with van der Waals surface area (Å²) in [6, 6.07) is 23.0. The molecule has 6 nitrogen and oxygen atoms in total. The van der Waals surface area contributed by atoms with Gasteiger partial charge in [0.2, 0.25) is 0 Å². The third-order valence-corrected chi connectivity index (χ3v) is 29.1. The van der Waals surface area contributed by atoms with Crippen LogP contribution >= 0.6 is 18.1 Å². The Hall–Kier alpha value is -3.93. The first-order valence-corrected chi connectivity index (χ1v) is 35.1. The van der Waals surface area contributed by atoms with Crippen molar-refractivity contribution in [1.29, 1.82) is 0 Å². The van der Waals surface area contributed by atoms with E-state index in [9.17, 15) is 0 Å². The lowest BCUT2D eigenvalue weighted by Crippen LogP contribution is -2.29. The molecular formula is C60H69O6P3S3. The quantitative estimate of drug-likeness (QED) is 0.0285. The molecule has 0 aromatic heterocycles. The van der Waals surface area contributed by atoms with E-state index >= 15 is 0 Å². The second-order valence-electron chi connectivity index (χ2n) is 19.4. The average molecular weight is 1080 g/mol. The maximum atomic E-state index is 7.70. The van der Waals surface area contributed by atoms with Gasteiger partial charge in [-0.1, -0.05) is 206 Å². The summed E-state index contributed by atoms with van der Waals surface area (Å²) in [7, 11) is 0. The van der Waals surface area contributed by atoms with Gasteiger partial charge in [0.1, 0.15) is 0 Å². The highest BCUT2D eigenvalue weighted by Crippen LogP contribution is 2.71. The highest BCUT2D eigenvalue weighted by molar-refractivity contribution is 8.28. The number of benzene rings is 7. The Bertz CT molecular complexity index is 2800. The highest BCUT2D eigenvalue weighted by atomic mass is 32.4. The molecule has 7 aromatic carbocycles. The van der Waals surface area contributed by atoms with Crippen LogP contribution in [0.4, 0.5) is 0 Å². The standard InChI is InChI=1S/C60H69O6P3S3/c1-7-13-34-61-49-50(62-35-14-8-2)56-44-43-45-47-48-46(44)58(68(56,71)41-30-24-20-25-31-41)53(65-38-17-11-5)54(66-39-18-12-6)60(48)69(72,42-32-26-21-27-33-42)59(47)52(64-37-16-10-4)51(63-36-15-9-3)57(45)67(70,55(43)49)40-28-22-19-23-29-40/h19-33H,7-18,34-39H2,1-6H3. The lowest BCUT2D eigenvalue weighted by molar-refractivity contribution is 0.266. The van der Waals surface area contributed by atoms with Gasteiger partial charge in [0.05, 0.1) is 39.6 Å². The van der Waals surface area contributed by atoms with E-state index in [0.717, 1.165) is 192 Å². The van der Waals surface area contributed by atoms with E-state index in [1.807, 2.05) is 0 Å². The third kappa shape index (κ3) is 7.91. The maximum Gasteiger partial charge on any atom is 0.171 e. The van der Waals surface area contributed by atoms with Crippen LogP contribution in [0.1, 0.15) is 119 Å². The minimum absolute atomic E-state index is 0.502. The largest absolute Gasteiger partial charge is 0.489 e. The molecule has 12 heteroatoms. The van der Waals surface area contributed by atoms with E-state index in [1.165, 1.54) is 0 Å². The number of unbranched alkanes of at least 4 members (excludes halogenated alkanes) is 6. The summed E-state index contributed by atoms with van der Waals surface area (Å²) >= 11 is 23.1. The van der Waals surface area contributed by atoms with E-state index < -0.39 is 18.1 Å². The Morgan fingerprint density at radius 2 is 0.444 bits per heavy atom. The van der Waals surface area contributed by atoms with E-state index in [2.05, 4.69) is 133 Å². The number of rotatable bonds is 27. The average Bonchev–Trinajstić information content (AvgIpc) is 3.96. The van der Waals surface area contributed by atoms with Crippen molar-refractivity contribution >= 4 is 134 Å². The molecular weight excluding hydrogens is 1010 g/mol. The lowest BCUT2D eigenvalue weighted by atomic mass is 9.93. The molecule has 378 valence electrons. The van der Waals surface area contributed by atoms with E-state index in [1.54, 1.807) is 0 Å². The molecule has 3 aliphatic heterocycles. The van der Waals surface area contributed by atoms with Gasteiger partial charge in [-0.25, -0.2) is 0 Å². The second-order valence-corrected chi connectivity index (χ2v) is 32.2. The molecule has 3 heterocycles. The normalized spacial score (nSPS) is 18.9. The minimum atomic E-state index is -3.12. The van der Waals surface area contributed by atoms with Crippen LogP contribution in [0.3, 0.4) is 0 Å². The van der Waals surface area contributed by atoms with Crippen molar-refractivity contribution in [2.24, 2.45) is 0 Å². The molecule has 0 aliphatic carbocycles. The topological polar surface area (TPSA) is 55.4 Å². The van der Waals surface area contributed by atoms with Crippen molar-refractivity contribution in [1.82, 2.24) is 0 Å². The zero-order chi connectivity index (χ0) is 50.2. The molecule has 0 saturated heterocycles. The zero-order valence-electron chi connectivity index (χ0n) is 42.9. The summed E-state index contributed by atoms with van der Waals surface area (Å²) in [6.45, 7) is 16.3. The maximum absolute atomic E-state index is 7.70. The molecule has 0 radical (unpaired) electrons. The first-order chi connectivity index (χ1) is 35.2. The van der Waals surface area contributed by atoms with Gasteiger partial charge in [-0.15, -0.1) is 0 Å². The molecule has 72 heavy (non-hydrogen) atoms. The van der Waals surface area contributed by atoms with E-state index in [4.69, 9.17) is 63.8 Å². The van der Waals surface area contributed by atoms with Crippen molar-refractivity contribution < 1.29 is 28.4 Å². The Kier molecular flexibility index (Phi) is 15.6. The molecule has 7 aromatic rings. The Labute approximate surface area is 442 Å². The SMILES string of the molecule is CCCCOc1c(OCCCC)c2c3c4c1P(=S)(c1ccccc1)c1c(OCCCC)c(OCCCC)c5c(c14)c1c(c(OCCCC)c(OCCCC)c(c31)P2(=S)c1ccccc1)P5(=S)c1ccccc1. The van der Waals surface area contributed by atoms with Crippen LogP contribution in [-0.2, 0) is 35.4 Å². The van der Waals surface area contributed by atoms with Crippen LogP contribution in [0.2, 0.25) is 0 Å². The summed E-state index contributed by atoms with van der Waals surface area (Å²) in [5.41, 5.74) is 0. The number of hydrogen-bond acceptors (Lipinski definition) is 9. The molecule has 0 N–H and O–H groups in total. The second kappa shape index (κ2) is 21.7. The molecule has 0 atom stereocenters. The molecule has 0 bridgehead atoms. The van der Waals surface area contributed by atoms with Crippen molar-refractivity contribution in [3.63, 3.8) is 0 Å². The highest BCUT2D eigenvalue weighted by Gasteiger charge is 2.56. The van der Waals surface area contributed by atoms with Crippen LogP contribution < -0.4 is 76.2 Å². The van der Waals surface area contributed by atoms with Gasteiger partial charge in [-0.05, 0) is 54.4 Å². The van der Waals surface area contributed by atoms with Crippen molar-refractivity contribution in [2.75, 3.05) is 39.6 Å². The van der Waals surface area contributed by atoms with Crippen molar-refractivity contribution in [3.8, 4) is 34.5 Å². The lowest BCUT2D eigenvalue weighted by Gasteiger charge is -2.30. The summed E-state index contributed by atoms with van der Waals surface area (Å²) in [6.07, 6.45) is 11.0. The summed E-state index contributed by atoms with van der Waals surface area (Å²) in [4.78, 5) is 0. The zero-order valence-corrected chi connectivity index (χ0v) is 48.0. The van der Waals surface area contributed by atoms with Crippen molar-refractivity contribution in [3.05, 3.63) is 91.0 Å². The molecule has 0 amide bonds. The predicted molar refractivity (Wildman–Crippen MR) is 320 cm³/mol. The van der Waals surface area contributed by atoms with Gasteiger partial charge in [0.15, 0.2) is 34.5 Å². The fraction of sp³-hybridized carbons (Fsp3) is 0.400. The van der Waals surface area contributed by atoms with E-state index in [0.29, 0.717) is 39.6 Å². The summed E-state index contributed by atoms with van der Waals surface area (Å²) in [5.74, 6) is 4.38. The van der Waals surface area contributed by atoms with Crippen LogP contribution in [-0.4, -0.2) is 39.6 Å². The van der Waals surface area contributed by atoms with Crippen LogP contribution in [0.15, 0.2) is 91.0 Å². The Morgan fingerprint density at radius 1 is 0.278 bits per heavy atom. The van der Waals surface area contributed by atoms with Gasteiger partial charge >= 0.3 is 0 Å². The first-order valence-electron chi connectivity index (χ1n) is 26.7. The fourth-order valence-electron chi connectivity index (χ4n) is 11.0. The van der Waals surface area contributed by atoms with Gasteiger partial charge in [-0.3, -0.25) is 0 Å². The van der Waals surface area contributed by atoms with E-state index in [-0.39, 0.29) is 0 Å². The fourth-order valence-corrected chi connectivity index (χ4v) is 25.2.